The van der Waals surface area contributed by atoms with E-state index in [0.29, 0.717) is 12.1 Å². The molecule has 0 aliphatic rings. The maximum Gasteiger partial charge on any atom is 0.416 e. The van der Waals surface area contributed by atoms with Crippen molar-refractivity contribution in [2.75, 3.05) is 7.05 Å². The number of alkyl halides is 8. The van der Waals surface area contributed by atoms with E-state index in [0.717, 1.165) is 17.0 Å². The third kappa shape index (κ3) is 7.43. The fraction of sp³-hybridized carbons (Fsp3) is 0.240. The highest BCUT2D eigenvalue weighted by Gasteiger charge is 2.37. The first-order valence-corrected chi connectivity index (χ1v) is 11.4. The Balaban J connectivity index is 2.15. The maximum absolute atomic E-state index is 13.5. The molecule has 4 N–H and O–H groups in total. The van der Waals surface area contributed by atoms with E-state index in [1.54, 1.807) is 0 Å². The molecule has 0 fully saturated rings. The van der Waals surface area contributed by atoms with Crippen LogP contribution in [0.4, 0.5) is 35.1 Å². The predicted molar refractivity (Wildman–Crippen MR) is 130 cm³/mol. The molecule has 14 heteroatoms. The molecule has 0 saturated heterocycles. The molecule has 0 atom stereocenters. The van der Waals surface area contributed by atoms with E-state index >= 15 is 0 Å². The zero-order chi connectivity index (χ0) is 29.1. The van der Waals surface area contributed by atoms with Gasteiger partial charge in [0, 0.05) is 36.3 Å². The number of phenolic OH excluding ortho intramolecular Hbond substituents is 1. The standard InChI is InChI=1S/C25H21ClF8N4O/c1-36-37-23(35)38(11-13-6-16(24(29,30)31)9-17(7-13)25(32,33)34)12-15-8-14(22(27)28)2-4-19(15)20-10-18(26)3-5-21(20)39/h2-10,22,36,39H,11-12H2,1H3,(H2,35,37). The van der Waals surface area contributed by atoms with Gasteiger partial charge in [0.2, 0.25) is 5.96 Å². The van der Waals surface area contributed by atoms with E-state index in [4.69, 9.17) is 17.3 Å². The Morgan fingerprint density at radius 1 is 0.923 bits per heavy atom. The van der Waals surface area contributed by atoms with Crippen LogP contribution in [0.2, 0.25) is 5.02 Å². The van der Waals surface area contributed by atoms with Gasteiger partial charge in [0.05, 0.1) is 11.1 Å². The summed E-state index contributed by atoms with van der Waals surface area (Å²) in [6.45, 7) is -1.000. The summed E-state index contributed by atoms with van der Waals surface area (Å²) in [5.41, 5.74) is 4.93. The van der Waals surface area contributed by atoms with Gasteiger partial charge in [-0.1, -0.05) is 23.7 Å². The first kappa shape index (κ1) is 29.8. The largest absolute Gasteiger partial charge is 0.507 e. The molecule has 0 aliphatic heterocycles. The van der Waals surface area contributed by atoms with Crippen molar-refractivity contribution in [3.63, 3.8) is 0 Å². The number of nitrogens with one attached hydrogen (secondary N) is 1. The Kier molecular flexibility index (Phi) is 8.84. The number of benzene rings is 3. The van der Waals surface area contributed by atoms with E-state index in [9.17, 15) is 40.2 Å². The molecular formula is C25H21ClF8N4O. The van der Waals surface area contributed by atoms with Gasteiger partial charge in [0.15, 0.2) is 0 Å². The van der Waals surface area contributed by atoms with Gasteiger partial charge >= 0.3 is 12.4 Å². The van der Waals surface area contributed by atoms with Crippen LogP contribution in [0.25, 0.3) is 11.1 Å². The average molecular weight is 581 g/mol. The number of rotatable bonds is 7. The fourth-order valence-electron chi connectivity index (χ4n) is 3.81. The van der Waals surface area contributed by atoms with Crippen molar-refractivity contribution < 1.29 is 40.2 Å². The Bertz CT molecular complexity index is 1330. The molecule has 0 spiro atoms. The molecule has 0 radical (unpaired) electrons. The van der Waals surface area contributed by atoms with Crippen molar-refractivity contribution in [1.29, 1.82) is 0 Å². The molecule has 39 heavy (non-hydrogen) atoms. The zero-order valence-electron chi connectivity index (χ0n) is 20.0. The van der Waals surface area contributed by atoms with E-state index in [1.165, 1.54) is 31.3 Å². The number of hydrogen-bond acceptors (Lipinski definition) is 3. The van der Waals surface area contributed by atoms with Crippen LogP contribution in [0.5, 0.6) is 5.75 Å². The molecule has 0 aliphatic carbocycles. The van der Waals surface area contributed by atoms with E-state index in [-0.39, 0.29) is 39.5 Å². The summed E-state index contributed by atoms with van der Waals surface area (Å²) < 4.78 is 107. The number of phenols is 1. The summed E-state index contributed by atoms with van der Waals surface area (Å²) >= 11 is 6.04. The lowest BCUT2D eigenvalue weighted by Crippen LogP contribution is -2.38. The topological polar surface area (TPSA) is 73.9 Å². The first-order chi connectivity index (χ1) is 18.1. The van der Waals surface area contributed by atoms with Crippen LogP contribution in [-0.2, 0) is 25.4 Å². The molecular weight excluding hydrogens is 560 g/mol. The summed E-state index contributed by atoms with van der Waals surface area (Å²) in [5.74, 6) is -0.603. The lowest BCUT2D eigenvalue weighted by Gasteiger charge is -2.26. The minimum absolute atomic E-state index is 0.00891. The van der Waals surface area contributed by atoms with E-state index in [2.05, 4.69) is 10.5 Å². The number of hydrogen-bond donors (Lipinski definition) is 3. The summed E-state index contributed by atoms with van der Waals surface area (Å²) in [7, 11) is 1.35. The average Bonchev–Trinajstić information content (AvgIpc) is 2.84. The maximum atomic E-state index is 13.5. The normalized spacial score (nSPS) is 12.6. The zero-order valence-corrected chi connectivity index (χ0v) is 20.8. The fourth-order valence-corrected chi connectivity index (χ4v) is 3.98. The number of nitrogens with zero attached hydrogens (tertiary/aromatic N) is 2. The van der Waals surface area contributed by atoms with Crippen LogP contribution in [0.1, 0.15) is 34.2 Å². The summed E-state index contributed by atoms with van der Waals surface area (Å²) in [6.07, 6.45) is -13.1. The van der Waals surface area contributed by atoms with Crippen LogP contribution >= 0.6 is 11.6 Å². The Morgan fingerprint density at radius 3 is 2.08 bits per heavy atom. The number of aromatic hydroxyl groups is 1. The van der Waals surface area contributed by atoms with Crippen LogP contribution < -0.4 is 11.2 Å². The lowest BCUT2D eigenvalue weighted by molar-refractivity contribution is -0.143. The molecule has 0 unspecified atom stereocenters. The molecule has 5 nitrogen and oxygen atoms in total. The predicted octanol–water partition coefficient (Wildman–Crippen LogP) is 7.14. The smallest absolute Gasteiger partial charge is 0.416 e. The molecule has 0 amide bonds. The molecule has 210 valence electrons. The van der Waals surface area contributed by atoms with Gasteiger partial charge in [-0.25, -0.2) is 8.78 Å². The van der Waals surface area contributed by atoms with Gasteiger partial charge in [-0.15, -0.1) is 5.10 Å². The first-order valence-electron chi connectivity index (χ1n) is 11.0. The Hall–Kier alpha value is -3.74. The Labute approximate surface area is 222 Å². The number of nitrogens with two attached hydrogens (primary N) is 1. The third-order valence-electron chi connectivity index (χ3n) is 5.56. The van der Waals surface area contributed by atoms with Crippen molar-refractivity contribution in [2.45, 2.75) is 31.9 Å². The van der Waals surface area contributed by atoms with Gasteiger partial charge in [0.1, 0.15) is 5.75 Å². The second kappa shape index (κ2) is 11.6. The minimum Gasteiger partial charge on any atom is -0.507 e. The highest BCUT2D eigenvalue weighted by Crippen LogP contribution is 2.38. The molecule has 0 saturated carbocycles. The molecule has 0 aromatic heterocycles. The van der Waals surface area contributed by atoms with Crippen molar-refractivity contribution in [3.05, 3.63) is 87.4 Å². The highest BCUT2D eigenvalue weighted by molar-refractivity contribution is 6.31. The van der Waals surface area contributed by atoms with E-state index in [1.807, 2.05) is 0 Å². The summed E-state index contributed by atoms with van der Waals surface area (Å²) in [4.78, 5) is 1.10. The van der Waals surface area contributed by atoms with Gasteiger partial charge in [-0.2, -0.15) is 26.3 Å². The number of hydrazone groups is 1. The van der Waals surface area contributed by atoms with Crippen LogP contribution in [0.15, 0.2) is 59.7 Å². The van der Waals surface area contributed by atoms with Crippen LogP contribution in [-0.4, -0.2) is 23.0 Å². The molecule has 0 bridgehead atoms. The van der Waals surface area contributed by atoms with Crippen molar-refractivity contribution >= 4 is 17.6 Å². The van der Waals surface area contributed by atoms with Gasteiger partial charge in [-0.3, -0.25) is 0 Å². The quantitative estimate of drug-likeness (QED) is 0.120. The van der Waals surface area contributed by atoms with Crippen molar-refractivity contribution in [2.24, 2.45) is 10.8 Å². The molecule has 3 rings (SSSR count). The minimum atomic E-state index is -5.08. The third-order valence-corrected chi connectivity index (χ3v) is 5.80. The SMILES string of the molecule is CN/N=C(\N)N(Cc1cc(C(F)(F)F)cc(C(F)(F)F)c1)Cc1cc(C(F)F)ccc1-c1cc(Cl)ccc1O. The second-order valence-corrected chi connectivity index (χ2v) is 8.78. The van der Waals surface area contributed by atoms with Gasteiger partial charge in [0.25, 0.3) is 6.43 Å². The highest BCUT2D eigenvalue weighted by atomic mass is 35.5. The monoisotopic (exact) mass is 580 g/mol. The van der Waals surface area contributed by atoms with Crippen LogP contribution in [0.3, 0.4) is 0 Å². The lowest BCUT2D eigenvalue weighted by atomic mass is 9.96. The van der Waals surface area contributed by atoms with Crippen molar-refractivity contribution in [3.8, 4) is 16.9 Å². The summed E-state index contributed by atoms with van der Waals surface area (Å²) in [6, 6.07) is 8.59. The van der Waals surface area contributed by atoms with Gasteiger partial charge < -0.3 is 21.2 Å². The number of guanidine groups is 1. The second-order valence-electron chi connectivity index (χ2n) is 8.34. The van der Waals surface area contributed by atoms with Crippen LogP contribution in [0, 0.1) is 0 Å². The Morgan fingerprint density at radius 2 is 1.54 bits per heavy atom. The van der Waals surface area contributed by atoms with E-state index < -0.39 is 54.1 Å². The number of halogens is 9. The molecule has 3 aromatic rings. The molecule has 3 aromatic carbocycles. The summed E-state index contributed by atoms with van der Waals surface area (Å²) in [5, 5.41) is 14.3. The molecule has 0 heterocycles. The van der Waals surface area contributed by atoms with Gasteiger partial charge in [-0.05, 0) is 59.2 Å². The van der Waals surface area contributed by atoms with Crippen molar-refractivity contribution in [1.82, 2.24) is 10.3 Å².